The molecule has 0 saturated carbocycles. The molecular formula is C19H24N2O5. The van der Waals surface area contributed by atoms with E-state index in [-0.39, 0.29) is 12.3 Å². The van der Waals surface area contributed by atoms with Crippen LogP contribution in [0.5, 0.6) is 5.75 Å². The van der Waals surface area contributed by atoms with Crippen molar-refractivity contribution in [2.75, 3.05) is 18.4 Å². The Morgan fingerprint density at radius 2 is 1.92 bits per heavy atom. The maximum absolute atomic E-state index is 12.4. The van der Waals surface area contributed by atoms with Gasteiger partial charge in [-0.15, -0.1) is 0 Å². The Bertz CT molecular complexity index is 682. The van der Waals surface area contributed by atoms with Gasteiger partial charge in [-0.05, 0) is 31.9 Å². The SMILES string of the molecule is C[C@@H](OC(=O)C[C@@H]1Oc2ccccc2NC1=O)C(=O)N1CCCCCC1. The zero-order valence-corrected chi connectivity index (χ0v) is 14.9. The minimum Gasteiger partial charge on any atom is -0.478 e. The summed E-state index contributed by atoms with van der Waals surface area (Å²) < 4.78 is 10.8. The van der Waals surface area contributed by atoms with E-state index in [0.29, 0.717) is 24.5 Å². The number of amides is 2. The van der Waals surface area contributed by atoms with Crippen LogP contribution in [-0.4, -0.2) is 48.0 Å². The second-order valence-corrected chi connectivity index (χ2v) is 6.67. The number of likely N-dealkylation sites (tertiary alicyclic amines) is 1. The van der Waals surface area contributed by atoms with Crippen LogP contribution in [0.1, 0.15) is 39.0 Å². The van der Waals surface area contributed by atoms with Gasteiger partial charge in [-0.25, -0.2) is 0 Å². The summed E-state index contributed by atoms with van der Waals surface area (Å²) in [6.07, 6.45) is 2.13. The van der Waals surface area contributed by atoms with E-state index in [1.165, 1.54) is 0 Å². The zero-order chi connectivity index (χ0) is 18.5. The van der Waals surface area contributed by atoms with Crippen LogP contribution in [0.15, 0.2) is 24.3 Å². The summed E-state index contributed by atoms with van der Waals surface area (Å²) in [6, 6.07) is 7.02. The molecule has 2 aliphatic rings. The standard InChI is InChI=1S/C19H24N2O5/c1-13(19(24)21-10-6-2-3-7-11-21)25-17(22)12-16-18(23)20-14-8-4-5-9-15(14)26-16/h4-5,8-9,13,16H,2-3,6-7,10-12H2,1H3,(H,20,23)/t13-,16+/m1/s1. The Hall–Kier alpha value is -2.57. The smallest absolute Gasteiger partial charge is 0.310 e. The molecular weight excluding hydrogens is 336 g/mol. The molecule has 0 spiro atoms. The lowest BCUT2D eigenvalue weighted by molar-refractivity contribution is -0.161. The lowest BCUT2D eigenvalue weighted by atomic mass is 10.1. The first-order chi connectivity index (χ1) is 12.5. The van der Waals surface area contributed by atoms with Crippen LogP contribution >= 0.6 is 0 Å². The Morgan fingerprint density at radius 3 is 2.65 bits per heavy atom. The van der Waals surface area contributed by atoms with Crippen molar-refractivity contribution in [3.8, 4) is 5.75 Å². The van der Waals surface area contributed by atoms with Gasteiger partial charge in [0.2, 0.25) is 0 Å². The molecule has 0 aromatic heterocycles. The number of para-hydroxylation sites is 2. The lowest BCUT2D eigenvalue weighted by Crippen LogP contribution is -2.42. The van der Waals surface area contributed by atoms with Gasteiger partial charge in [-0.2, -0.15) is 0 Å². The van der Waals surface area contributed by atoms with Crippen LogP contribution in [0.2, 0.25) is 0 Å². The van der Waals surface area contributed by atoms with E-state index >= 15 is 0 Å². The van der Waals surface area contributed by atoms with Crippen molar-refractivity contribution in [2.45, 2.75) is 51.2 Å². The predicted molar refractivity (Wildman–Crippen MR) is 94.7 cm³/mol. The number of carbonyl (C=O) groups is 3. The number of hydrogen-bond acceptors (Lipinski definition) is 5. The summed E-state index contributed by atoms with van der Waals surface area (Å²) in [5, 5.41) is 2.70. The molecule has 1 saturated heterocycles. The van der Waals surface area contributed by atoms with E-state index in [9.17, 15) is 14.4 Å². The number of esters is 1. The van der Waals surface area contributed by atoms with Crippen molar-refractivity contribution in [1.29, 1.82) is 0 Å². The highest BCUT2D eigenvalue weighted by Crippen LogP contribution is 2.29. The normalized spacial score (nSPS) is 20.9. The molecule has 2 atom stereocenters. The zero-order valence-electron chi connectivity index (χ0n) is 14.9. The third-order valence-electron chi connectivity index (χ3n) is 4.63. The Balaban J connectivity index is 1.53. The average Bonchev–Trinajstić information content (AvgIpc) is 2.91. The van der Waals surface area contributed by atoms with Crippen LogP contribution in [0, 0.1) is 0 Å². The first-order valence-corrected chi connectivity index (χ1v) is 9.09. The van der Waals surface area contributed by atoms with Crippen molar-refractivity contribution >= 4 is 23.5 Å². The van der Waals surface area contributed by atoms with E-state index in [0.717, 1.165) is 25.7 Å². The topological polar surface area (TPSA) is 84.9 Å². The molecule has 26 heavy (non-hydrogen) atoms. The molecule has 1 fully saturated rings. The summed E-state index contributed by atoms with van der Waals surface area (Å²) in [4.78, 5) is 38.5. The predicted octanol–water partition coefficient (Wildman–Crippen LogP) is 2.11. The summed E-state index contributed by atoms with van der Waals surface area (Å²) in [5.41, 5.74) is 0.576. The number of hydrogen-bond donors (Lipinski definition) is 1. The molecule has 7 heteroatoms. The van der Waals surface area contributed by atoms with Gasteiger partial charge in [0.25, 0.3) is 11.8 Å². The van der Waals surface area contributed by atoms with Crippen molar-refractivity contribution in [3.63, 3.8) is 0 Å². The summed E-state index contributed by atoms with van der Waals surface area (Å²) >= 11 is 0. The first-order valence-electron chi connectivity index (χ1n) is 9.09. The van der Waals surface area contributed by atoms with Crippen molar-refractivity contribution < 1.29 is 23.9 Å². The highest BCUT2D eigenvalue weighted by Gasteiger charge is 2.32. The van der Waals surface area contributed by atoms with E-state index in [4.69, 9.17) is 9.47 Å². The van der Waals surface area contributed by atoms with Gasteiger partial charge in [0.15, 0.2) is 12.2 Å². The molecule has 140 valence electrons. The maximum Gasteiger partial charge on any atom is 0.310 e. The molecule has 2 aliphatic heterocycles. The van der Waals surface area contributed by atoms with Gasteiger partial charge >= 0.3 is 5.97 Å². The van der Waals surface area contributed by atoms with Gasteiger partial charge < -0.3 is 19.7 Å². The number of nitrogens with zero attached hydrogens (tertiary/aromatic N) is 1. The number of fused-ring (bicyclic) bond motifs is 1. The monoisotopic (exact) mass is 360 g/mol. The summed E-state index contributed by atoms with van der Waals surface area (Å²) in [6.45, 7) is 2.97. The number of carbonyl (C=O) groups excluding carboxylic acids is 3. The summed E-state index contributed by atoms with van der Waals surface area (Å²) in [7, 11) is 0. The number of rotatable bonds is 4. The number of anilines is 1. The van der Waals surface area contributed by atoms with Crippen LogP contribution < -0.4 is 10.1 Å². The number of nitrogens with one attached hydrogen (secondary N) is 1. The molecule has 3 rings (SSSR count). The average molecular weight is 360 g/mol. The molecule has 1 aromatic rings. The molecule has 1 aromatic carbocycles. The molecule has 7 nitrogen and oxygen atoms in total. The second kappa shape index (κ2) is 8.21. The fraction of sp³-hybridized carbons (Fsp3) is 0.526. The Labute approximate surface area is 152 Å². The molecule has 2 heterocycles. The highest BCUT2D eigenvalue weighted by atomic mass is 16.6. The van der Waals surface area contributed by atoms with Crippen LogP contribution in [0.3, 0.4) is 0 Å². The molecule has 0 bridgehead atoms. The van der Waals surface area contributed by atoms with Gasteiger partial charge in [0, 0.05) is 13.1 Å². The van der Waals surface area contributed by atoms with E-state index in [1.807, 2.05) is 0 Å². The largest absolute Gasteiger partial charge is 0.478 e. The highest BCUT2D eigenvalue weighted by molar-refractivity contribution is 5.99. The van der Waals surface area contributed by atoms with Crippen molar-refractivity contribution in [1.82, 2.24) is 4.90 Å². The fourth-order valence-corrected chi connectivity index (χ4v) is 3.22. The fourth-order valence-electron chi connectivity index (χ4n) is 3.22. The first kappa shape index (κ1) is 18.2. The Morgan fingerprint density at radius 1 is 1.23 bits per heavy atom. The van der Waals surface area contributed by atoms with Gasteiger partial charge in [0.05, 0.1) is 12.1 Å². The maximum atomic E-state index is 12.4. The van der Waals surface area contributed by atoms with Gasteiger partial charge in [0.1, 0.15) is 5.75 Å². The van der Waals surface area contributed by atoms with Crippen LogP contribution in [-0.2, 0) is 19.1 Å². The second-order valence-electron chi connectivity index (χ2n) is 6.67. The third-order valence-corrected chi connectivity index (χ3v) is 4.63. The molecule has 2 amide bonds. The quantitative estimate of drug-likeness (QED) is 0.832. The minimum atomic E-state index is -0.960. The molecule has 0 radical (unpaired) electrons. The van der Waals surface area contributed by atoms with Crippen molar-refractivity contribution in [3.05, 3.63) is 24.3 Å². The van der Waals surface area contributed by atoms with Gasteiger partial charge in [-0.1, -0.05) is 25.0 Å². The molecule has 1 N–H and O–H groups in total. The number of benzene rings is 1. The summed E-state index contributed by atoms with van der Waals surface area (Å²) in [5.74, 6) is -0.689. The molecule has 0 aliphatic carbocycles. The lowest BCUT2D eigenvalue weighted by Gasteiger charge is -2.26. The van der Waals surface area contributed by atoms with Gasteiger partial charge in [-0.3, -0.25) is 14.4 Å². The Kier molecular flexibility index (Phi) is 5.75. The minimum absolute atomic E-state index is 0.181. The van der Waals surface area contributed by atoms with E-state index < -0.39 is 24.1 Å². The van der Waals surface area contributed by atoms with E-state index in [1.54, 1.807) is 36.1 Å². The van der Waals surface area contributed by atoms with Crippen LogP contribution in [0.4, 0.5) is 5.69 Å². The molecule has 0 unspecified atom stereocenters. The van der Waals surface area contributed by atoms with Crippen LogP contribution in [0.25, 0.3) is 0 Å². The van der Waals surface area contributed by atoms with Crippen molar-refractivity contribution in [2.24, 2.45) is 0 Å². The van der Waals surface area contributed by atoms with E-state index in [2.05, 4.69) is 5.32 Å². The third kappa shape index (κ3) is 4.33. The number of ether oxygens (including phenoxy) is 2.